The zero-order valence-corrected chi connectivity index (χ0v) is 16.1. The summed E-state index contributed by atoms with van der Waals surface area (Å²) in [5.74, 6) is -0.624. The van der Waals surface area contributed by atoms with Gasteiger partial charge in [-0.1, -0.05) is 12.1 Å². The summed E-state index contributed by atoms with van der Waals surface area (Å²) in [4.78, 5) is 26.2. The second-order valence-corrected chi connectivity index (χ2v) is 7.84. The number of esters is 1. The first-order valence-electron chi connectivity index (χ1n) is 8.43. The Hall–Kier alpha value is -3.14. The van der Waals surface area contributed by atoms with E-state index in [-0.39, 0.29) is 23.7 Å². The number of benzene rings is 1. The van der Waals surface area contributed by atoms with Crippen LogP contribution in [0.4, 0.5) is 5.69 Å². The number of nitrogens with zero attached hydrogens (tertiary/aromatic N) is 2. The highest BCUT2D eigenvalue weighted by Crippen LogP contribution is 2.23. The Morgan fingerprint density at radius 2 is 2.00 bits per heavy atom. The molecule has 1 atom stereocenters. The predicted molar refractivity (Wildman–Crippen MR) is 102 cm³/mol. The molecule has 28 heavy (non-hydrogen) atoms. The van der Waals surface area contributed by atoms with Crippen molar-refractivity contribution in [3.63, 3.8) is 0 Å². The normalized spacial score (nSPS) is 18.3. The van der Waals surface area contributed by atoms with Crippen LogP contribution in [0.3, 0.4) is 0 Å². The highest BCUT2D eigenvalue weighted by Gasteiger charge is 2.27. The zero-order chi connectivity index (χ0) is 20.3. The number of amidine groups is 1. The van der Waals surface area contributed by atoms with Gasteiger partial charge in [-0.15, -0.1) is 4.40 Å². The van der Waals surface area contributed by atoms with E-state index in [0.29, 0.717) is 11.4 Å². The molecule has 2 heterocycles. The van der Waals surface area contributed by atoms with E-state index in [4.69, 9.17) is 9.47 Å². The molecular formula is C18H19N3O6S. The molecule has 1 amide bonds. The molecule has 148 valence electrons. The molecule has 1 aromatic rings. The van der Waals surface area contributed by atoms with Crippen molar-refractivity contribution < 1.29 is 27.5 Å². The van der Waals surface area contributed by atoms with Crippen LogP contribution in [-0.2, 0) is 24.3 Å². The average molecular weight is 405 g/mol. The molecule has 0 radical (unpaired) electrons. The van der Waals surface area contributed by atoms with Crippen LogP contribution in [0, 0.1) is 0 Å². The van der Waals surface area contributed by atoms with Gasteiger partial charge in [0.15, 0.2) is 6.10 Å². The van der Waals surface area contributed by atoms with Crippen LogP contribution in [0.2, 0.25) is 0 Å². The van der Waals surface area contributed by atoms with Crippen LogP contribution < -0.4 is 10.1 Å². The number of amides is 1. The van der Waals surface area contributed by atoms with Gasteiger partial charge in [0.25, 0.3) is 15.9 Å². The van der Waals surface area contributed by atoms with Crippen molar-refractivity contribution in [3.8, 4) is 5.75 Å². The minimum Gasteiger partial charge on any atom is -0.495 e. The van der Waals surface area contributed by atoms with Crippen LogP contribution in [0.25, 0.3) is 0 Å². The van der Waals surface area contributed by atoms with Gasteiger partial charge in [-0.2, -0.15) is 0 Å². The van der Waals surface area contributed by atoms with E-state index >= 15 is 0 Å². The molecule has 0 aromatic heterocycles. The minimum absolute atomic E-state index is 0.138. The molecule has 0 saturated carbocycles. The Labute approximate surface area is 162 Å². The van der Waals surface area contributed by atoms with Crippen LogP contribution in [-0.4, -0.2) is 56.5 Å². The van der Waals surface area contributed by atoms with Gasteiger partial charge in [-0.25, -0.2) is 13.2 Å². The first-order valence-corrected chi connectivity index (χ1v) is 10.0. The van der Waals surface area contributed by atoms with Crippen LogP contribution in [0.5, 0.6) is 5.75 Å². The maximum atomic E-state index is 12.4. The van der Waals surface area contributed by atoms with Gasteiger partial charge in [0.1, 0.15) is 11.6 Å². The Morgan fingerprint density at radius 1 is 1.25 bits per heavy atom. The number of hydrogen-bond acceptors (Lipinski definition) is 7. The van der Waals surface area contributed by atoms with Crippen molar-refractivity contribution in [2.75, 3.05) is 24.7 Å². The fourth-order valence-corrected chi connectivity index (χ4v) is 3.56. The number of hydrogen-bond donors (Lipinski definition) is 1. The van der Waals surface area contributed by atoms with E-state index in [0.717, 1.165) is 0 Å². The minimum atomic E-state index is -3.47. The van der Waals surface area contributed by atoms with Gasteiger partial charge in [0, 0.05) is 12.7 Å². The number of carbonyl (C=O) groups excluding carboxylic acids is 2. The summed E-state index contributed by atoms with van der Waals surface area (Å²) in [5.41, 5.74) is 0.653. The van der Waals surface area contributed by atoms with Crippen molar-refractivity contribution in [2.24, 2.45) is 4.40 Å². The molecule has 2 aliphatic heterocycles. The SMILES string of the molecule is COc1ccccc1NC(=O)C(C)OC(=O)C1=CN2CCS(=O)(=O)N=C2C=C1. The summed E-state index contributed by atoms with van der Waals surface area (Å²) in [5, 5.41) is 2.65. The lowest BCUT2D eigenvalue weighted by Gasteiger charge is -2.27. The first kappa shape index (κ1) is 19.6. The molecule has 0 saturated heterocycles. The Kier molecular flexibility index (Phi) is 5.50. The van der Waals surface area contributed by atoms with Gasteiger partial charge in [-0.3, -0.25) is 4.79 Å². The summed E-state index contributed by atoms with van der Waals surface area (Å²) in [6.07, 6.45) is 3.24. The topological polar surface area (TPSA) is 114 Å². The van der Waals surface area contributed by atoms with Crippen molar-refractivity contribution in [2.45, 2.75) is 13.0 Å². The van der Waals surface area contributed by atoms with Crippen molar-refractivity contribution in [1.82, 2.24) is 4.90 Å². The van der Waals surface area contributed by atoms with E-state index in [1.165, 1.54) is 32.4 Å². The quantitative estimate of drug-likeness (QED) is 0.729. The van der Waals surface area contributed by atoms with Crippen molar-refractivity contribution >= 4 is 33.4 Å². The third-order valence-electron chi connectivity index (χ3n) is 4.08. The molecule has 3 rings (SSSR count). The molecule has 0 fully saturated rings. The molecule has 1 unspecified atom stereocenters. The fraction of sp³-hybridized carbons (Fsp3) is 0.278. The number of rotatable bonds is 5. The van der Waals surface area contributed by atoms with Crippen molar-refractivity contribution in [1.29, 1.82) is 0 Å². The lowest BCUT2D eigenvalue weighted by molar-refractivity contribution is -0.149. The van der Waals surface area contributed by atoms with E-state index < -0.39 is 28.0 Å². The summed E-state index contributed by atoms with van der Waals surface area (Å²) in [6.45, 7) is 1.64. The second-order valence-electron chi connectivity index (χ2n) is 6.08. The monoisotopic (exact) mass is 405 g/mol. The molecule has 1 N–H and O–H groups in total. The third-order valence-corrected chi connectivity index (χ3v) is 5.24. The van der Waals surface area contributed by atoms with Crippen LogP contribution in [0.15, 0.2) is 52.6 Å². The van der Waals surface area contributed by atoms with Crippen LogP contribution >= 0.6 is 0 Å². The fourth-order valence-electron chi connectivity index (χ4n) is 2.59. The number of ether oxygens (including phenoxy) is 2. The Balaban J connectivity index is 1.64. The van der Waals surface area contributed by atoms with Gasteiger partial charge >= 0.3 is 5.97 Å². The Bertz CT molecular complexity index is 996. The van der Waals surface area contributed by atoms with Gasteiger partial charge in [-0.05, 0) is 31.2 Å². The maximum Gasteiger partial charge on any atom is 0.340 e. The number of fused-ring (bicyclic) bond motifs is 1. The predicted octanol–water partition coefficient (Wildman–Crippen LogP) is 1.06. The molecule has 0 bridgehead atoms. The zero-order valence-electron chi connectivity index (χ0n) is 15.3. The highest BCUT2D eigenvalue weighted by molar-refractivity contribution is 7.90. The van der Waals surface area contributed by atoms with E-state index in [1.54, 1.807) is 29.2 Å². The number of carbonyl (C=O) groups is 2. The summed E-state index contributed by atoms with van der Waals surface area (Å²) in [7, 11) is -1.98. The van der Waals surface area contributed by atoms with Gasteiger partial charge in [0.2, 0.25) is 0 Å². The lowest BCUT2D eigenvalue weighted by Crippen LogP contribution is -2.37. The Morgan fingerprint density at radius 3 is 2.75 bits per heavy atom. The maximum absolute atomic E-state index is 12.4. The average Bonchev–Trinajstić information content (AvgIpc) is 2.67. The molecule has 2 aliphatic rings. The molecule has 9 nitrogen and oxygen atoms in total. The van der Waals surface area contributed by atoms with Crippen molar-refractivity contribution in [3.05, 3.63) is 48.2 Å². The summed E-state index contributed by atoms with van der Waals surface area (Å²) >= 11 is 0. The van der Waals surface area contributed by atoms with E-state index in [2.05, 4.69) is 9.71 Å². The lowest BCUT2D eigenvalue weighted by atomic mass is 10.2. The summed E-state index contributed by atoms with van der Waals surface area (Å²) in [6, 6.07) is 6.87. The first-order chi connectivity index (χ1) is 13.3. The molecule has 10 heteroatoms. The number of anilines is 1. The number of nitrogens with one attached hydrogen (secondary N) is 1. The largest absolute Gasteiger partial charge is 0.495 e. The number of para-hydroxylation sites is 2. The standard InChI is InChI=1S/C18H19N3O6S/c1-12(17(22)19-14-5-3-4-6-15(14)26-2)27-18(23)13-7-8-16-20-28(24,25)10-9-21(16)11-13/h3-8,11-12H,9-10H2,1-2H3,(H,19,22). The molecule has 0 spiro atoms. The second kappa shape index (κ2) is 7.85. The molecule has 1 aromatic carbocycles. The van der Waals surface area contributed by atoms with Crippen LogP contribution in [0.1, 0.15) is 6.92 Å². The smallest absolute Gasteiger partial charge is 0.340 e. The van der Waals surface area contributed by atoms with E-state index in [1.807, 2.05) is 0 Å². The third kappa shape index (κ3) is 4.39. The molecular weight excluding hydrogens is 386 g/mol. The highest BCUT2D eigenvalue weighted by atomic mass is 32.2. The molecule has 0 aliphatic carbocycles. The van der Waals surface area contributed by atoms with E-state index in [9.17, 15) is 18.0 Å². The number of methoxy groups -OCH3 is 1. The van der Waals surface area contributed by atoms with Gasteiger partial charge < -0.3 is 19.7 Å². The number of sulfonamides is 1. The van der Waals surface area contributed by atoms with Gasteiger partial charge in [0.05, 0.1) is 24.1 Å². The summed E-state index contributed by atoms with van der Waals surface area (Å²) < 4.78 is 37.1.